The van der Waals surface area contributed by atoms with Gasteiger partial charge in [-0.25, -0.2) is 0 Å². The Labute approximate surface area is 266 Å². The number of benzene rings is 2. The molecule has 0 aliphatic carbocycles. The molecule has 12 nitrogen and oxygen atoms in total. The monoisotopic (exact) mass is 716 g/mol. The molecular formula is C29H29IN6O6S. The summed E-state index contributed by atoms with van der Waals surface area (Å²) >= 11 is 3.14. The molecule has 0 spiro atoms. The minimum absolute atomic E-state index is 0.140. The van der Waals surface area contributed by atoms with Gasteiger partial charge in [-0.3, -0.25) is 14.5 Å². The highest BCUT2D eigenvalue weighted by atomic mass is 127. The lowest BCUT2D eigenvalue weighted by Crippen LogP contribution is -2.40. The molecule has 2 amide bonds. The lowest BCUT2D eigenvalue weighted by atomic mass is 10.1. The number of halogens is 1. The van der Waals surface area contributed by atoms with Crippen molar-refractivity contribution in [3.63, 3.8) is 0 Å². The van der Waals surface area contributed by atoms with E-state index < -0.39 is 0 Å². The number of hydrogen-bond donors (Lipinski definition) is 0. The van der Waals surface area contributed by atoms with Crippen LogP contribution in [0.25, 0.3) is 6.08 Å². The topological polar surface area (TPSA) is 119 Å². The van der Waals surface area contributed by atoms with Gasteiger partial charge in [-0.15, -0.1) is 0 Å². The molecule has 3 fully saturated rings. The predicted molar refractivity (Wildman–Crippen MR) is 170 cm³/mol. The number of thioether (sulfide) groups is 1. The van der Waals surface area contributed by atoms with E-state index in [-0.39, 0.29) is 23.7 Å². The summed E-state index contributed by atoms with van der Waals surface area (Å²) in [7, 11) is 1.53. The van der Waals surface area contributed by atoms with Crippen molar-refractivity contribution in [2.24, 2.45) is 0 Å². The molecule has 0 unspecified atom stereocenters. The van der Waals surface area contributed by atoms with Gasteiger partial charge in [-0.1, -0.05) is 18.2 Å². The summed E-state index contributed by atoms with van der Waals surface area (Å²) in [5, 5.41) is -0.302. The first kappa shape index (κ1) is 29.6. The van der Waals surface area contributed by atoms with Crippen LogP contribution in [0.3, 0.4) is 0 Å². The molecule has 2 aromatic carbocycles. The Hall–Kier alpha value is -3.47. The average Bonchev–Trinajstić information content (AvgIpc) is 3.30. The van der Waals surface area contributed by atoms with Gasteiger partial charge in [0.25, 0.3) is 11.1 Å². The van der Waals surface area contributed by atoms with Gasteiger partial charge in [-0.2, -0.15) is 15.0 Å². The van der Waals surface area contributed by atoms with Crippen LogP contribution in [0.15, 0.2) is 47.4 Å². The van der Waals surface area contributed by atoms with Gasteiger partial charge >= 0.3 is 6.01 Å². The molecule has 0 saturated carbocycles. The summed E-state index contributed by atoms with van der Waals surface area (Å²) in [4.78, 5) is 45.4. The highest BCUT2D eigenvalue weighted by Crippen LogP contribution is 2.36. The summed E-state index contributed by atoms with van der Waals surface area (Å²) in [6, 6.07) is 13.1. The van der Waals surface area contributed by atoms with Gasteiger partial charge < -0.3 is 28.7 Å². The SMILES string of the molecule is COc1cc(/C=C2\SC(=O)N(Cc3ccc(I)cc3)C2=O)ccc1Oc1nc(N2CCOCC2)nc(N2CCOCC2)n1. The molecule has 224 valence electrons. The fraction of sp³-hybridized carbons (Fsp3) is 0.345. The molecule has 0 atom stereocenters. The second-order valence-electron chi connectivity index (χ2n) is 9.82. The van der Waals surface area contributed by atoms with Gasteiger partial charge in [0, 0.05) is 29.7 Å². The van der Waals surface area contributed by atoms with E-state index >= 15 is 0 Å². The molecule has 0 radical (unpaired) electrons. The lowest BCUT2D eigenvalue weighted by molar-refractivity contribution is -0.123. The normalized spacial score (nSPS) is 18.5. The van der Waals surface area contributed by atoms with Crippen molar-refractivity contribution in [3.05, 3.63) is 62.1 Å². The van der Waals surface area contributed by atoms with Crippen LogP contribution >= 0.6 is 34.4 Å². The molecule has 43 heavy (non-hydrogen) atoms. The number of carbonyl (C=O) groups excluding carboxylic acids is 2. The van der Waals surface area contributed by atoms with Gasteiger partial charge in [0.2, 0.25) is 11.9 Å². The highest BCUT2D eigenvalue weighted by Gasteiger charge is 2.35. The Morgan fingerprint density at radius 1 is 0.884 bits per heavy atom. The summed E-state index contributed by atoms with van der Waals surface area (Å²) < 4.78 is 23.9. The van der Waals surface area contributed by atoms with Crippen LogP contribution in [-0.2, 0) is 20.8 Å². The van der Waals surface area contributed by atoms with Crippen LogP contribution in [0.1, 0.15) is 11.1 Å². The van der Waals surface area contributed by atoms with Crippen LogP contribution < -0.4 is 19.3 Å². The summed E-state index contributed by atoms with van der Waals surface area (Å²) in [6.07, 6.45) is 1.68. The lowest BCUT2D eigenvalue weighted by Gasteiger charge is -2.30. The Morgan fingerprint density at radius 2 is 1.51 bits per heavy atom. The molecule has 0 N–H and O–H groups in total. The first-order chi connectivity index (χ1) is 21.0. The van der Waals surface area contributed by atoms with E-state index in [1.165, 1.54) is 12.0 Å². The third-order valence-electron chi connectivity index (χ3n) is 6.99. The highest BCUT2D eigenvalue weighted by molar-refractivity contribution is 14.1. The first-order valence-electron chi connectivity index (χ1n) is 13.7. The van der Waals surface area contributed by atoms with E-state index in [1.54, 1.807) is 24.3 Å². The van der Waals surface area contributed by atoms with E-state index in [4.69, 9.17) is 23.9 Å². The van der Waals surface area contributed by atoms with Gasteiger partial charge in [0.05, 0.1) is 45.0 Å². The van der Waals surface area contributed by atoms with Gasteiger partial charge in [-0.05, 0) is 75.8 Å². The maximum absolute atomic E-state index is 13.1. The summed E-state index contributed by atoms with van der Waals surface area (Å²) in [5.41, 5.74) is 1.57. The summed E-state index contributed by atoms with van der Waals surface area (Å²) in [5.74, 6) is 1.54. The third kappa shape index (κ3) is 7.03. The zero-order chi connectivity index (χ0) is 29.8. The smallest absolute Gasteiger partial charge is 0.328 e. The second kappa shape index (κ2) is 13.4. The Morgan fingerprint density at radius 3 is 2.12 bits per heavy atom. The van der Waals surface area contributed by atoms with Crippen LogP contribution in [0, 0.1) is 3.57 Å². The number of anilines is 2. The maximum Gasteiger partial charge on any atom is 0.328 e. The standard InChI is InChI=1S/C29H29IN6O6S/c1-39-23-16-20(17-24-25(37)36(29(38)43-24)18-19-2-5-21(30)6-3-19)4-7-22(23)42-28-32-26(34-8-12-40-13-9-34)31-27(33-28)35-10-14-41-15-11-35/h2-7,16-17H,8-15,18H2,1H3/b24-17-. The van der Waals surface area contributed by atoms with E-state index in [1.807, 2.05) is 34.1 Å². The van der Waals surface area contributed by atoms with Crippen molar-refractivity contribution in [1.82, 2.24) is 19.9 Å². The van der Waals surface area contributed by atoms with E-state index in [9.17, 15) is 9.59 Å². The van der Waals surface area contributed by atoms with Gasteiger partial charge in [0.1, 0.15) is 0 Å². The molecule has 4 heterocycles. The number of amides is 2. The van der Waals surface area contributed by atoms with Crippen LogP contribution in [0.2, 0.25) is 0 Å². The van der Waals surface area contributed by atoms with Crippen molar-refractivity contribution in [3.8, 4) is 17.5 Å². The number of ether oxygens (including phenoxy) is 4. The molecule has 14 heteroatoms. The number of morpholine rings is 2. The fourth-order valence-corrected chi connectivity index (χ4v) is 5.91. The number of carbonyl (C=O) groups is 2. The van der Waals surface area contributed by atoms with Crippen LogP contribution in [0.4, 0.5) is 16.7 Å². The summed E-state index contributed by atoms with van der Waals surface area (Å²) in [6.45, 7) is 5.26. The maximum atomic E-state index is 13.1. The van der Waals surface area contributed by atoms with Gasteiger partial charge in [0.15, 0.2) is 11.5 Å². The van der Waals surface area contributed by atoms with E-state index in [0.29, 0.717) is 86.5 Å². The average molecular weight is 717 g/mol. The quantitative estimate of drug-likeness (QED) is 0.246. The number of rotatable bonds is 8. The molecule has 3 aromatic rings. The molecule has 3 aliphatic heterocycles. The molecular weight excluding hydrogens is 687 g/mol. The minimum atomic E-state index is -0.329. The number of imide groups is 1. The largest absolute Gasteiger partial charge is 0.493 e. The second-order valence-corrected chi connectivity index (χ2v) is 12.1. The Kier molecular flexibility index (Phi) is 9.25. The van der Waals surface area contributed by atoms with Crippen molar-refractivity contribution in [1.29, 1.82) is 0 Å². The molecule has 3 aliphatic rings. The Balaban J connectivity index is 1.22. The molecule has 0 bridgehead atoms. The minimum Gasteiger partial charge on any atom is -0.493 e. The zero-order valence-electron chi connectivity index (χ0n) is 23.4. The molecule has 1 aromatic heterocycles. The number of hydrogen-bond acceptors (Lipinski definition) is 12. The van der Waals surface area contributed by atoms with Crippen LogP contribution in [-0.4, -0.2) is 90.7 Å². The van der Waals surface area contributed by atoms with E-state index in [0.717, 1.165) is 20.9 Å². The number of nitrogens with zero attached hydrogens (tertiary/aromatic N) is 6. The first-order valence-corrected chi connectivity index (χ1v) is 15.6. The zero-order valence-corrected chi connectivity index (χ0v) is 26.4. The van der Waals surface area contributed by atoms with Crippen molar-refractivity contribution < 1.29 is 28.5 Å². The molecule has 3 saturated heterocycles. The number of methoxy groups -OCH3 is 1. The van der Waals surface area contributed by atoms with E-state index in [2.05, 4.69) is 32.6 Å². The van der Waals surface area contributed by atoms with Crippen molar-refractivity contribution in [2.45, 2.75) is 6.54 Å². The number of aromatic nitrogens is 3. The fourth-order valence-electron chi connectivity index (χ4n) is 4.71. The van der Waals surface area contributed by atoms with Crippen molar-refractivity contribution in [2.75, 3.05) is 69.5 Å². The van der Waals surface area contributed by atoms with Crippen LogP contribution in [0.5, 0.6) is 17.5 Å². The molecule has 6 rings (SSSR count). The predicted octanol–water partition coefficient (Wildman–Crippen LogP) is 4.19. The Bertz CT molecular complexity index is 1490. The third-order valence-corrected chi connectivity index (χ3v) is 8.62. The van der Waals surface area contributed by atoms with Crippen molar-refractivity contribution >= 4 is 63.5 Å².